The van der Waals surface area contributed by atoms with Gasteiger partial charge in [-0.05, 0) is 6.42 Å². The molecule has 0 aliphatic heterocycles. The maximum atomic E-state index is 5.34. The van der Waals surface area contributed by atoms with Crippen molar-refractivity contribution >= 4 is 12.6 Å². The third-order valence-corrected chi connectivity index (χ3v) is 2.35. The van der Waals surface area contributed by atoms with Gasteiger partial charge in [0.15, 0.2) is 0 Å². The minimum Gasteiger partial charge on any atom is -0.360 e. The quantitative estimate of drug-likeness (QED) is 0.741. The summed E-state index contributed by atoms with van der Waals surface area (Å²) in [4.78, 5) is 0. The van der Waals surface area contributed by atoms with Crippen molar-refractivity contribution in [3.63, 3.8) is 0 Å². The molecule has 0 saturated carbocycles. The summed E-state index contributed by atoms with van der Waals surface area (Å²) in [6, 6.07) is 0. The van der Waals surface area contributed by atoms with Gasteiger partial charge in [0.25, 0.3) is 0 Å². The van der Waals surface area contributed by atoms with Crippen LogP contribution in [0.5, 0.6) is 0 Å². The number of rotatable bonds is 2. The van der Waals surface area contributed by atoms with Gasteiger partial charge in [-0.2, -0.15) is 12.6 Å². The molecule has 1 rings (SSSR count). The first-order valence-electron chi connectivity index (χ1n) is 4.59. The van der Waals surface area contributed by atoms with E-state index >= 15 is 0 Å². The smallest absolute Gasteiger partial charge is 0.145 e. The molecule has 2 nitrogen and oxygen atoms in total. The van der Waals surface area contributed by atoms with E-state index in [0.29, 0.717) is 5.75 Å². The predicted molar refractivity (Wildman–Crippen MR) is 57.3 cm³/mol. The predicted octanol–water partition coefficient (Wildman–Crippen LogP) is 2.96. The van der Waals surface area contributed by atoms with Crippen molar-refractivity contribution in [2.24, 2.45) is 0 Å². The minimum absolute atomic E-state index is 0.0412. The maximum Gasteiger partial charge on any atom is 0.145 e. The fourth-order valence-electron chi connectivity index (χ4n) is 1.42. The average Bonchev–Trinajstić information content (AvgIpc) is 2.45. The van der Waals surface area contributed by atoms with Crippen LogP contribution in [0.4, 0.5) is 0 Å². The van der Waals surface area contributed by atoms with E-state index < -0.39 is 0 Å². The number of hydrogen-bond acceptors (Lipinski definition) is 3. The largest absolute Gasteiger partial charge is 0.360 e. The lowest BCUT2D eigenvalue weighted by molar-refractivity contribution is 0.325. The number of thiol groups is 1. The van der Waals surface area contributed by atoms with Crippen LogP contribution in [0.25, 0.3) is 0 Å². The Hall–Kier alpha value is -0.440. The summed E-state index contributed by atoms with van der Waals surface area (Å²) in [6.45, 7) is 8.52. The number of hydrogen-bond donors (Lipinski definition) is 1. The van der Waals surface area contributed by atoms with E-state index in [1.165, 1.54) is 5.56 Å². The van der Waals surface area contributed by atoms with Crippen LogP contribution < -0.4 is 0 Å². The molecule has 0 bridgehead atoms. The van der Waals surface area contributed by atoms with E-state index in [2.05, 4.69) is 45.5 Å². The summed E-state index contributed by atoms with van der Waals surface area (Å²) in [7, 11) is 0. The van der Waals surface area contributed by atoms with Crippen molar-refractivity contribution in [1.29, 1.82) is 0 Å². The van der Waals surface area contributed by atoms with E-state index in [0.717, 1.165) is 17.9 Å². The number of nitrogens with zero attached hydrogens (tertiary/aromatic N) is 1. The Bertz CT molecular complexity index is 286. The van der Waals surface area contributed by atoms with E-state index in [-0.39, 0.29) is 5.41 Å². The second-order valence-corrected chi connectivity index (χ2v) is 4.51. The molecule has 0 saturated heterocycles. The van der Waals surface area contributed by atoms with Gasteiger partial charge in [-0.15, -0.1) is 0 Å². The van der Waals surface area contributed by atoms with Gasteiger partial charge in [-0.1, -0.05) is 32.9 Å². The van der Waals surface area contributed by atoms with Crippen LogP contribution in [0.1, 0.15) is 44.7 Å². The second kappa shape index (κ2) is 3.74. The van der Waals surface area contributed by atoms with Crippen molar-refractivity contribution in [2.75, 3.05) is 0 Å². The van der Waals surface area contributed by atoms with Gasteiger partial charge in [0.2, 0.25) is 0 Å². The molecule has 0 aliphatic rings. The Morgan fingerprint density at radius 2 is 2.00 bits per heavy atom. The Morgan fingerprint density at radius 1 is 1.38 bits per heavy atom. The SMILES string of the molecule is CCc1c(CS)noc1C(C)(C)C. The van der Waals surface area contributed by atoms with E-state index in [1.54, 1.807) is 0 Å². The highest BCUT2D eigenvalue weighted by molar-refractivity contribution is 7.79. The third kappa shape index (κ3) is 2.08. The fraction of sp³-hybridized carbons (Fsp3) is 0.700. The standard InChI is InChI=1S/C10H17NOS/c1-5-7-8(6-13)11-12-9(7)10(2,3)4/h13H,5-6H2,1-4H3. The molecule has 13 heavy (non-hydrogen) atoms. The van der Waals surface area contributed by atoms with Gasteiger partial charge in [-0.3, -0.25) is 0 Å². The lowest BCUT2D eigenvalue weighted by Crippen LogP contribution is -2.12. The average molecular weight is 199 g/mol. The molecule has 0 fully saturated rings. The molecule has 3 heteroatoms. The molecule has 0 spiro atoms. The molecule has 0 N–H and O–H groups in total. The van der Waals surface area contributed by atoms with Gasteiger partial charge in [0.05, 0.1) is 5.69 Å². The summed E-state index contributed by atoms with van der Waals surface area (Å²) in [5, 5.41) is 4.02. The first-order chi connectivity index (χ1) is 6.00. The highest BCUT2D eigenvalue weighted by atomic mass is 32.1. The normalized spacial score (nSPS) is 12.1. The van der Waals surface area contributed by atoms with Gasteiger partial charge >= 0.3 is 0 Å². The molecule has 0 radical (unpaired) electrons. The van der Waals surface area contributed by atoms with E-state index in [4.69, 9.17) is 4.52 Å². The monoisotopic (exact) mass is 199 g/mol. The molecule has 1 aromatic heterocycles. The summed E-state index contributed by atoms with van der Waals surface area (Å²) >= 11 is 4.22. The van der Waals surface area contributed by atoms with Gasteiger partial charge in [0.1, 0.15) is 5.76 Å². The Labute approximate surface area is 85.1 Å². The first-order valence-corrected chi connectivity index (χ1v) is 5.22. The van der Waals surface area contributed by atoms with Crippen LogP contribution in [-0.2, 0) is 17.6 Å². The summed E-state index contributed by atoms with van der Waals surface area (Å²) in [6.07, 6.45) is 0.964. The van der Waals surface area contributed by atoms with Crippen LogP contribution >= 0.6 is 12.6 Å². The zero-order chi connectivity index (χ0) is 10.1. The number of aromatic nitrogens is 1. The van der Waals surface area contributed by atoms with Crippen molar-refractivity contribution in [3.05, 3.63) is 17.0 Å². The van der Waals surface area contributed by atoms with Crippen molar-refractivity contribution < 1.29 is 4.52 Å². The molecule has 0 atom stereocenters. The van der Waals surface area contributed by atoms with Crippen LogP contribution in [-0.4, -0.2) is 5.16 Å². The van der Waals surface area contributed by atoms with E-state index in [9.17, 15) is 0 Å². The molecular weight excluding hydrogens is 182 g/mol. The van der Waals surface area contributed by atoms with Crippen molar-refractivity contribution in [3.8, 4) is 0 Å². The molecule has 0 aliphatic carbocycles. The van der Waals surface area contributed by atoms with Crippen LogP contribution in [0.2, 0.25) is 0 Å². The lowest BCUT2D eigenvalue weighted by atomic mass is 9.89. The highest BCUT2D eigenvalue weighted by Crippen LogP contribution is 2.28. The topological polar surface area (TPSA) is 26.0 Å². The fourth-order valence-corrected chi connectivity index (χ4v) is 1.67. The molecular formula is C10H17NOS. The van der Waals surface area contributed by atoms with Gasteiger partial charge < -0.3 is 4.52 Å². The van der Waals surface area contributed by atoms with Crippen LogP contribution in [0.15, 0.2) is 4.52 Å². The highest BCUT2D eigenvalue weighted by Gasteiger charge is 2.24. The summed E-state index contributed by atoms with van der Waals surface area (Å²) in [5.41, 5.74) is 2.25. The van der Waals surface area contributed by atoms with Gasteiger partial charge in [-0.25, -0.2) is 0 Å². The van der Waals surface area contributed by atoms with Crippen molar-refractivity contribution in [2.45, 2.75) is 45.3 Å². The van der Waals surface area contributed by atoms with Gasteiger partial charge in [0, 0.05) is 16.7 Å². The van der Waals surface area contributed by atoms with E-state index in [1.807, 2.05) is 0 Å². The van der Waals surface area contributed by atoms with Crippen LogP contribution in [0, 0.1) is 0 Å². The summed E-state index contributed by atoms with van der Waals surface area (Å²) in [5.74, 6) is 1.65. The molecule has 1 aromatic rings. The molecule has 1 heterocycles. The Morgan fingerprint density at radius 3 is 2.38 bits per heavy atom. The molecule has 74 valence electrons. The third-order valence-electron chi connectivity index (χ3n) is 2.05. The summed E-state index contributed by atoms with van der Waals surface area (Å²) < 4.78 is 5.34. The second-order valence-electron chi connectivity index (χ2n) is 4.20. The Kier molecular flexibility index (Phi) is 3.06. The molecule has 0 amide bonds. The zero-order valence-electron chi connectivity index (χ0n) is 8.72. The van der Waals surface area contributed by atoms with Crippen LogP contribution in [0.3, 0.4) is 0 Å². The van der Waals surface area contributed by atoms with Crippen molar-refractivity contribution in [1.82, 2.24) is 5.16 Å². The molecule has 0 unspecified atom stereocenters. The maximum absolute atomic E-state index is 5.34. The zero-order valence-corrected chi connectivity index (χ0v) is 9.61. The Balaban J connectivity index is 3.16. The lowest BCUT2D eigenvalue weighted by Gasteiger charge is -2.15. The molecule has 0 aromatic carbocycles. The first kappa shape index (κ1) is 10.6. The minimum atomic E-state index is 0.0412.